The molecule has 3 nitrogen and oxygen atoms in total. The summed E-state index contributed by atoms with van der Waals surface area (Å²) in [7, 11) is 2.44. The number of anilines is 1. The van der Waals surface area contributed by atoms with Crippen LogP contribution >= 0.6 is 12.2 Å². The van der Waals surface area contributed by atoms with Gasteiger partial charge < -0.3 is 15.1 Å². The second kappa shape index (κ2) is 8.71. The summed E-state index contributed by atoms with van der Waals surface area (Å²) in [5.74, 6) is 0.883. The highest BCUT2D eigenvalue weighted by Gasteiger charge is 2.34. The summed E-state index contributed by atoms with van der Waals surface area (Å²) < 4.78 is 0. The van der Waals surface area contributed by atoms with E-state index in [9.17, 15) is 0 Å². The van der Waals surface area contributed by atoms with Crippen LogP contribution in [0.1, 0.15) is 56.6 Å². The van der Waals surface area contributed by atoms with Crippen molar-refractivity contribution in [1.29, 1.82) is 0 Å². The zero-order valence-corrected chi connectivity index (χ0v) is 17.8. The van der Waals surface area contributed by atoms with Crippen LogP contribution < -0.4 is 10.2 Å². The molecule has 2 N–H and O–H groups in total. The highest BCUT2D eigenvalue weighted by atomic mass is 32.1. The van der Waals surface area contributed by atoms with E-state index < -0.39 is 0 Å². The van der Waals surface area contributed by atoms with E-state index in [1.807, 2.05) is 0 Å². The summed E-state index contributed by atoms with van der Waals surface area (Å²) in [6.07, 6.45) is 8.20. The van der Waals surface area contributed by atoms with E-state index in [1.54, 1.807) is 4.90 Å². The van der Waals surface area contributed by atoms with Gasteiger partial charge in [0.2, 0.25) is 0 Å². The molecular formula is C22H36N3S+. The smallest absolute Gasteiger partial charge is 0.173 e. The maximum atomic E-state index is 5.72. The minimum absolute atomic E-state index is 0.792. The highest BCUT2D eigenvalue weighted by Crippen LogP contribution is 2.23. The van der Waals surface area contributed by atoms with Gasteiger partial charge in [-0.05, 0) is 62.5 Å². The average Bonchev–Trinajstić information content (AvgIpc) is 2.64. The Labute approximate surface area is 165 Å². The predicted molar refractivity (Wildman–Crippen MR) is 115 cm³/mol. The van der Waals surface area contributed by atoms with Crippen molar-refractivity contribution in [3.8, 4) is 0 Å². The first-order valence-corrected chi connectivity index (χ1v) is 10.8. The van der Waals surface area contributed by atoms with Gasteiger partial charge in [-0.1, -0.05) is 25.5 Å². The van der Waals surface area contributed by atoms with Gasteiger partial charge in [0.1, 0.15) is 0 Å². The molecule has 1 aromatic rings. The third-order valence-electron chi connectivity index (χ3n) is 6.76. The van der Waals surface area contributed by atoms with E-state index in [1.165, 1.54) is 49.7 Å². The van der Waals surface area contributed by atoms with Crippen LogP contribution in [0.25, 0.3) is 0 Å². The van der Waals surface area contributed by atoms with Crippen molar-refractivity contribution in [2.45, 2.75) is 71.4 Å². The Balaban J connectivity index is 1.53. The molecule has 4 heteroatoms. The molecule has 3 rings (SSSR count). The SMILES string of the molecule is Cc1ccc(C)c(NC(=S)N2CCC([NH+](C)C3CCCCC3C)CC2)c1. The van der Waals surface area contributed by atoms with Gasteiger partial charge in [0.25, 0.3) is 0 Å². The molecule has 1 heterocycles. The van der Waals surface area contributed by atoms with Crippen LogP contribution in [-0.2, 0) is 0 Å². The number of rotatable bonds is 3. The zero-order chi connectivity index (χ0) is 18.7. The molecule has 2 fully saturated rings. The summed E-state index contributed by atoms with van der Waals surface area (Å²) in [5.41, 5.74) is 3.67. The van der Waals surface area contributed by atoms with E-state index >= 15 is 0 Å². The molecule has 2 aliphatic rings. The van der Waals surface area contributed by atoms with Crippen LogP contribution in [0.3, 0.4) is 0 Å². The number of thiocarbonyl (C=S) groups is 1. The van der Waals surface area contributed by atoms with Crippen molar-refractivity contribution in [1.82, 2.24) is 4.90 Å². The number of hydrogen-bond acceptors (Lipinski definition) is 1. The third-order valence-corrected chi connectivity index (χ3v) is 7.12. The van der Waals surface area contributed by atoms with Crippen LogP contribution in [-0.4, -0.2) is 42.2 Å². The molecule has 3 atom stereocenters. The van der Waals surface area contributed by atoms with Crippen molar-refractivity contribution in [2.75, 3.05) is 25.5 Å². The van der Waals surface area contributed by atoms with E-state index in [4.69, 9.17) is 12.2 Å². The third kappa shape index (κ3) is 4.58. The van der Waals surface area contributed by atoms with Crippen LogP contribution in [0, 0.1) is 19.8 Å². The van der Waals surface area contributed by atoms with E-state index in [-0.39, 0.29) is 0 Å². The highest BCUT2D eigenvalue weighted by molar-refractivity contribution is 7.80. The quantitative estimate of drug-likeness (QED) is 0.790. The normalized spacial score (nSPS) is 25.8. The number of piperidine rings is 1. The van der Waals surface area contributed by atoms with Crippen molar-refractivity contribution in [2.24, 2.45) is 5.92 Å². The van der Waals surface area contributed by atoms with Gasteiger partial charge in [-0.2, -0.15) is 0 Å². The Hall–Kier alpha value is -1.13. The predicted octanol–water partition coefficient (Wildman–Crippen LogP) is 3.56. The fraction of sp³-hybridized carbons (Fsp3) is 0.682. The number of nitrogens with zero attached hydrogens (tertiary/aromatic N) is 1. The zero-order valence-electron chi connectivity index (χ0n) is 17.0. The fourth-order valence-electron chi connectivity index (χ4n) is 4.90. The molecule has 0 bridgehead atoms. The van der Waals surface area contributed by atoms with E-state index in [2.05, 4.69) is 56.2 Å². The van der Waals surface area contributed by atoms with Crippen LogP contribution in [0.5, 0.6) is 0 Å². The monoisotopic (exact) mass is 374 g/mol. The molecule has 1 aliphatic heterocycles. The minimum Gasteiger partial charge on any atom is -0.349 e. The lowest BCUT2D eigenvalue weighted by Gasteiger charge is -2.41. The molecule has 144 valence electrons. The maximum absolute atomic E-state index is 5.72. The Bertz CT molecular complexity index is 622. The first-order chi connectivity index (χ1) is 12.5. The Kier molecular flexibility index (Phi) is 6.57. The second-order valence-corrected chi connectivity index (χ2v) is 9.01. The van der Waals surface area contributed by atoms with Gasteiger partial charge in [-0.3, -0.25) is 0 Å². The van der Waals surface area contributed by atoms with Gasteiger partial charge in [0.05, 0.1) is 19.1 Å². The summed E-state index contributed by atoms with van der Waals surface area (Å²) in [5, 5.41) is 4.38. The van der Waals surface area contributed by atoms with Crippen LogP contribution in [0.4, 0.5) is 5.69 Å². The molecule has 0 radical (unpaired) electrons. The van der Waals surface area contributed by atoms with Crippen LogP contribution in [0.15, 0.2) is 18.2 Å². The molecular weight excluding hydrogens is 338 g/mol. The summed E-state index contributed by atoms with van der Waals surface area (Å²) in [6, 6.07) is 8.16. The molecule has 0 spiro atoms. The summed E-state index contributed by atoms with van der Waals surface area (Å²) in [4.78, 5) is 4.15. The number of likely N-dealkylation sites (tertiary alicyclic amines) is 1. The molecule has 0 amide bonds. The lowest BCUT2D eigenvalue weighted by molar-refractivity contribution is -0.937. The lowest BCUT2D eigenvalue weighted by Crippen LogP contribution is -3.17. The first-order valence-electron chi connectivity index (χ1n) is 10.4. The molecule has 26 heavy (non-hydrogen) atoms. The van der Waals surface area contributed by atoms with Crippen molar-refractivity contribution >= 4 is 23.0 Å². The van der Waals surface area contributed by atoms with Gasteiger partial charge in [-0.25, -0.2) is 0 Å². The first kappa shape index (κ1) is 19.6. The molecule has 3 unspecified atom stereocenters. The van der Waals surface area contributed by atoms with Gasteiger partial charge in [-0.15, -0.1) is 0 Å². The van der Waals surface area contributed by atoms with Crippen molar-refractivity contribution < 1.29 is 4.90 Å². The molecule has 1 saturated carbocycles. The second-order valence-electron chi connectivity index (χ2n) is 8.62. The van der Waals surface area contributed by atoms with Crippen molar-refractivity contribution in [3.63, 3.8) is 0 Å². The lowest BCUT2D eigenvalue weighted by atomic mass is 9.84. The number of quaternary nitrogens is 1. The van der Waals surface area contributed by atoms with E-state index in [0.717, 1.165) is 41.9 Å². The minimum atomic E-state index is 0.792. The number of benzene rings is 1. The molecule has 1 saturated heterocycles. The number of nitrogens with one attached hydrogen (secondary N) is 2. The number of hydrogen-bond donors (Lipinski definition) is 2. The maximum Gasteiger partial charge on any atom is 0.173 e. The van der Waals surface area contributed by atoms with Gasteiger partial charge in [0.15, 0.2) is 5.11 Å². The van der Waals surface area contributed by atoms with Gasteiger partial charge >= 0.3 is 0 Å². The summed E-state index contributed by atoms with van der Waals surface area (Å²) >= 11 is 5.72. The largest absolute Gasteiger partial charge is 0.349 e. The number of aryl methyl sites for hydroxylation is 2. The average molecular weight is 375 g/mol. The molecule has 1 aromatic carbocycles. The van der Waals surface area contributed by atoms with Gasteiger partial charge in [0, 0.05) is 37.5 Å². The molecule has 1 aliphatic carbocycles. The Morgan fingerprint density at radius 3 is 2.50 bits per heavy atom. The topological polar surface area (TPSA) is 19.7 Å². The summed E-state index contributed by atoms with van der Waals surface area (Å²) in [6.45, 7) is 8.90. The Morgan fingerprint density at radius 2 is 1.81 bits per heavy atom. The fourth-order valence-corrected chi connectivity index (χ4v) is 5.19. The van der Waals surface area contributed by atoms with Crippen LogP contribution in [0.2, 0.25) is 0 Å². The van der Waals surface area contributed by atoms with E-state index in [0.29, 0.717) is 0 Å². The van der Waals surface area contributed by atoms with Crippen molar-refractivity contribution in [3.05, 3.63) is 29.3 Å². The Morgan fingerprint density at radius 1 is 1.12 bits per heavy atom. The standard InChI is InChI=1S/C22H35N3S/c1-16-9-10-17(2)20(15-16)23-22(26)25-13-11-19(12-14-25)24(4)21-8-6-5-7-18(21)3/h9-10,15,18-19,21H,5-8,11-14H2,1-4H3,(H,23,26)/p+1. The molecule has 0 aromatic heterocycles.